The van der Waals surface area contributed by atoms with E-state index in [0.29, 0.717) is 28.8 Å². The van der Waals surface area contributed by atoms with Crippen LogP contribution in [0.2, 0.25) is 0 Å². The molecule has 0 N–H and O–H groups in total. The topological polar surface area (TPSA) is 26.3 Å². The zero-order valence-corrected chi connectivity index (χ0v) is 12.9. The Labute approximate surface area is 112 Å². The van der Waals surface area contributed by atoms with E-state index in [1.54, 1.807) is 0 Å². The number of quaternary nitrogens is 1. The molecule has 0 aromatic carbocycles. The molecular formula is C15H30NO2+. The third kappa shape index (κ3) is 4.97. The molecule has 3 atom stereocenters. The summed E-state index contributed by atoms with van der Waals surface area (Å²) in [5.41, 5.74) is 0. The highest BCUT2D eigenvalue weighted by molar-refractivity contribution is 5.70. The van der Waals surface area contributed by atoms with Gasteiger partial charge in [-0.3, -0.25) is 0 Å². The van der Waals surface area contributed by atoms with Crippen LogP contribution in [0.15, 0.2) is 0 Å². The van der Waals surface area contributed by atoms with Gasteiger partial charge in [-0.25, -0.2) is 4.79 Å². The van der Waals surface area contributed by atoms with Crippen LogP contribution in [0, 0.1) is 17.8 Å². The summed E-state index contributed by atoms with van der Waals surface area (Å²) >= 11 is 0. The number of carbonyl (C=O) groups excluding carboxylic acids is 1. The van der Waals surface area contributed by atoms with Gasteiger partial charge in [-0.15, -0.1) is 0 Å². The van der Waals surface area contributed by atoms with Crippen molar-refractivity contribution in [1.82, 2.24) is 0 Å². The summed E-state index contributed by atoms with van der Waals surface area (Å²) in [6.45, 7) is 7.19. The lowest BCUT2D eigenvalue weighted by molar-refractivity contribution is -0.862. The van der Waals surface area contributed by atoms with Crippen molar-refractivity contribution in [1.29, 1.82) is 0 Å². The highest BCUT2D eigenvalue weighted by Crippen LogP contribution is 2.35. The fourth-order valence-electron chi connectivity index (χ4n) is 2.84. The Balaban J connectivity index is 2.58. The molecule has 1 rings (SSSR count). The van der Waals surface area contributed by atoms with Crippen molar-refractivity contribution >= 4 is 5.97 Å². The van der Waals surface area contributed by atoms with Crippen molar-refractivity contribution < 1.29 is 14.0 Å². The first kappa shape index (κ1) is 15.5. The summed E-state index contributed by atoms with van der Waals surface area (Å²) in [6, 6.07) is 0. The fourth-order valence-corrected chi connectivity index (χ4v) is 2.84. The third-order valence-corrected chi connectivity index (χ3v) is 3.85. The molecule has 0 heterocycles. The second-order valence-corrected chi connectivity index (χ2v) is 7.30. The average molecular weight is 256 g/mol. The summed E-state index contributed by atoms with van der Waals surface area (Å²) in [4.78, 5) is 12.0. The van der Waals surface area contributed by atoms with Gasteiger partial charge in [0.05, 0.1) is 21.1 Å². The van der Waals surface area contributed by atoms with Crippen molar-refractivity contribution in [3.63, 3.8) is 0 Å². The second kappa shape index (κ2) is 6.05. The number of ether oxygens (including phenoxy) is 1. The van der Waals surface area contributed by atoms with Crippen molar-refractivity contribution in [3.05, 3.63) is 0 Å². The van der Waals surface area contributed by atoms with Crippen molar-refractivity contribution in [2.45, 2.75) is 46.1 Å². The molecule has 0 aliphatic heterocycles. The number of hydrogen-bond donors (Lipinski definition) is 0. The summed E-state index contributed by atoms with van der Waals surface area (Å²) in [7, 11) is 6.06. The molecule has 3 nitrogen and oxygen atoms in total. The van der Waals surface area contributed by atoms with Crippen LogP contribution >= 0.6 is 0 Å². The van der Waals surface area contributed by atoms with Gasteiger partial charge in [0.15, 0.2) is 6.54 Å². The average Bonchev–Trinajstić information content (AvgIpc) is 2.13. The monoisotopic (exact) mass is 256 g/mol. The molecule has 3 heteroatoms. The van der Waals surface area contributed by atoms with Crippen LogP contribution in [0.3, 0.4) is 0 Å². The molecule has 0 spiro atoms. The molecule has 0 unspecified atom stereocenters. The minimum Gasteiger partial charge on any atom is -0.458 e. The van der Waals surface area contributed by atoms with E-state index in [-0.39, 0.29) is 12.1 Å². The maximum absolute atomic E-state index is 12.0. The van der Waals surface area contributed by atoms with Crippen LogP contribution in [0.1, 0.15) is 40.0 Å². The van der Waals surface area contributed by atoms with Crippen LogP contribution in [0.5, 0.6) is 0 Å². The van der Waals surface area contributed by atoms with Gasteiger partial charge >= 0.3 is 5.97 Å². The first-order valence-electron chi connectivity index (χ1n) is 7.19. The molecule has 1 fully saturated rings. The van der Waals surface area contributed by atoms with E-state index in [9.17, 15) is 4.79 Å². The van der Waals surface area contributed by atoms with Crippen molar-refractivity contribution in [2.75, 3.05) is 27.7 Å². The van der Waals surface area contributed by atoms with Gasteiger partial charge in [0.25, 0.3) is 0 Å². The standard InChI is InChI=1S/C15H30NO2/c1-11(2)13-8-7-12(3)9-14(13)18-15(17)10-16(4,5)6/h11-14H,7-10H2,1-6H3/q+1/t12-,13-,14+/m1/s1. The Morgan fingerprint density at radius 3 is 2.39 bits per heavy atom. The normalized spacial score (nSPS) is 29.4. The minimum absolute atomic E-state index is 0.0488. The first-order valence-corrected chi connectivity index (χ1v) is 7.19. The Morgan fingerprint density at radius 2 is 1.89 bits per heavy atom. The zero-order chi connectivity index (χ0) is 13.9. The van der Waals surface area contributed by atoms with Crippen LogP contribution in [-0.2, 0) is 9.53 Å². The van der Waals surface area contributed by atoms with Gasteiger partial charge < -0.3 is 9.22 Å². The molecule has 0 amide bonds. The molecule has 18 heavy (non-hydrogen) atoms. The highest BCUT2D eigenvalue weighted by atomic mass is 16.5. The fraction of sp³-hybridized carbons (Fsp3) is 0.933. The summed E-state index contributed by atoms with van der Waals surface area (Å²) < 4.78 is 6.39. The Bertz CT molecular complexity index is 281. The summed E-state index contributed by atoms with van der Waals surface area (Å²) in [5.74, 6) is 1.77. The predicted molar refractivity (Wildman–Crippen MR) is 74.1 cm³/mol. The number of likely N-dealkylation sites (N-methyl/N-ethyl adjacent to an activating group) is 1. The number of hydrogen-bond acceptors (Lipinski definition) is 2. The Kier molecular flexibility index (Phi) is 5.20. The number of rotatable bonds is 4. The van der Waals surface area contributed by atoms with E-state index in [1.165, 1.54) is 12.8 Å². The number of esters is 1. The molecule has 1 saturated carbocycles. The molecule has 1 aliphatic rings. The van der Waals surface area contributed by atoms with E-state index in [2.05, 4.69) is 20.8 Å². The van der Waals surface area contributed by atoms with Crippen molar-refractivity contribution in [2.24, 2.45) is 17.8 Å². The van der Waals surface area contributed by atoms with E-state index < -0.39 is 0 Å². The number of carbonyl (C=O) groups is 1. The van der Waals surface area contributed by atoms with Gasteiger partial charge in [0, 0.05) is 0 Å². The maximum Gasteiger partial charge on any atom is 0.362 e. The maximum atomic E-state index is 12.0. The van der Waals surface area contributed by atoms with E-state index >= 15 is 0 Å². The molecule has 106 valence electrons. The molecule has 0 bridgehead atoms. The van der Waals surface area contributed by atoms with Gasteiger partial charge in [-0.2, -0.15) is 0 Å². The molecular weight excluding hydrogens is 226 g/mol. The van der Waals surface area contributed by atoms with Crippen LogP contribution in [-0.4, -0.2) is 44.2 Å². The predicted octanol–water partition coefficient (Wildman–Crippen LogP) is 2.70. The van der Waals surface area contributed by atoms with Gasteiger partial charge in [-0.1, -0.05) is 27.2 Å². The minimum atomic E-state index is -0.0488. The van der Waals surface area contributed by atoms with Crippen LogP contribution in [0.25, 0.3) is 0 Å². The lowest BCUT2D eigenvalue weighted by Crippen LogP contribution is -2.43. The molecule has 0 saturated heterocycles. The smallest absolute Gasteiger partial charge is 0.362 e. The molecule has 1 aliphatic carbocycles. The molecule has 0 aromatic rings. The second-order valence-electron chi connectivity index (χ2n) is 7.30. The molecule has 0 aromatic heterocycles. The Hall–Kier alpha value is -0.570. The van der Waals surface area contributed by atoms with Crippen molar-refractivity contribution in [3.8, 4) is 0 Å². The summed E-state index contributed by atoms with van der Waals surface area (Å²) in [6.07, 6.45) is 3.63. The SMILES string of the molecule is CC(C)[C@H]1CC[C@@H](C)C[C@@H]1OC(=O)C[N+](C)(C)C. The third-order valence-electron chi connectivity index (χ3n) is 3.85. The van der Waals surface area contributed by atoms with E-state index in [1.807, 2.05) is 21.1 Å². The first-order chi connectivity index (χ1) is 8.19. The number of nitrogens with zero attached hydrogens (tertiary/aromatic N) is 1. The zero-order valence-electron chi connectivity index (χ0n) is 12.9. The van der Waals surface area contributed by atoms with Gasteiger partial charge in [0.2, 0.25) is 0 Å². The van der Waals surface area contributed by atoms with E-state index in [4.69, 9.17) is 4.74 Å². The van der Waals surface area contributed by atoms with Crippen LogP contribution in [0.4, 0.5) is 0 Å². The molecule has 0 radical (unpaired) electrons. The van der Waals surface area contributed by atoms with E-state index in [0.717, 1.165) is 6.42 Å². The highest BCUT2D eigenvalue weighted by Gasteiger charge is 2.34. The quantitative estimate of drug-likeness (QED) is 0.571. The lowest BCUT2D eigenvalue weighted by Gasteiger charge is -2.37. The largest absolute Gasteiger partial charge is 0.458 e. The van der Waals surface area contributed by atoms with Gasteiger partial charge in [-0.05, 0) is 30.6 Å². The van der Waals surface area contributed by atoms with Gasteiger partial charge in [0.1, 0.15) is 6.10 Å². The van der Waals surface area contributed by atoms with Crippen LogP contribution < -0.4 is 0 Å². The summed E-state index contributed by atoms with van der Waals surface area (Å²) in [5, 5.41) is 0. The Morgan fingerprint density at radius 1 is 1.28 bits per heavy atom. The lowest BCUT2D eigenvalue weighted by atomic mass is 9.75.